The molecule has 0 unspecified atom stereocenters. The molecule has 1 heteroatoms. The average molecular weight is 153 g/mol. The fraction of sp³-hybridized carbons (Fsp3) is 0.800. The van der Waals surface area contributed by atoms with Gasteiger partial charge in [-0.1, -0.05) is 25.7 Å². The van der Waals surface area contributed by atoms with Crippen molar-refractivity contribution in [1.82, 2.24) is 5.32 Å². The zero-order valence-electron chi connectivity index (χ0n) is 7.91. The molecule has 0 atom stereocenters. The topological polar surface area (TPSA) is 12.0 Å². The first kappa shape index (κ1) is 10.5. The summed E-state index contributed by atoms with van der Waals surface area (Å²) in [4.78, 5) is 0. The fourth-order valence-electron chi connectivity index (χ4n) is 0.827. The smallest absolute Gasteiger partial charge is 0.0741 e. The van der Waals surface area contributed by atoms with E-state index in [9.17, 15) is 0 Å². The fourth-order valence-corrected chi connectivity index (χ4v) is 0.827. The average Bonchev–Trinajstić information content (AvgIpc) is 1.99. The van der Waals surface area contributed by atoms with Crippen molar-refractivity contribution < 1.29 is 0 Å². The van der Waals surface area contributed by atoms with E-state index in [2.05, 4.69) is 18.2 Å². The van der Waals surface area contributed by atoms with Crippen LogP contribution in [-0.4, -0.2) is 12.1 Å². The van der Waals surface area contributed by atoms with Crippen LogP contribution >= 0.6 is 0 Å². The second-order valence-electron chi connectivity index (χ2n) is 3.40. The minimum Gasteiger partial charge on any atom is -0.302 e. The van der Waals surface area contributed by atoms with E-state index in [1.165, 1.54) is 19.3 Å². The highest BCUT2D eigenvalue weighted by Gasteiger charge is 2.10. The Morgan fingerprint density at radius 3 is 2.45 bits per heavy atom. The van der Waals surface area contributed by atoms with Crippen LogP contribution in [0, 0.1) is 12.3 Å². The zero-order valence-corrected chi connectivity index (χ0v) is 7.91. The van der Waals surface area contributed by atoms with Crippen LogP contribution in [0.1, 0.15) is 40.0 Å². The Morgan fingerprint density at radius 1 is 1.36 bits per heavy atom. The highest BCUT2D eigenvalue weighted by molar-refractivity contribution is 5.07. The van der Waals surface area contributed by atoms with Crippen LogP contribution in [0.15, 0.2) is 0 Å². The Kier molecular flexibility index (Phi) is 4.98. The molecule has 0 aromatic carbocycles. The largest absolute Gasteiger partial charge is 0.302 e. The zero-order chi connectivity index (χ0) is 8.74. The molecule has 0 saturated carbocycles. The summed E-state index contributed by atoms with van der Waals surface area (Å²) in [5, 5.41) is 3.31. The highest BCUT2D eigenvalue weighted by Crippen LogP contribution is 1.99. The maximum atomic E-state index is 5.31. The third kappa shape index (κ3) is 5.94. The van der Waals surface area contributed by atoms with Crippen molar-refractivity contribution in [1.29, 1.82) is 0 Å². The van der Waals surface area contributed by atoms with Gasteiger partial charge in [0.1, 0.15) is 0 Å². The molecule has 0 aliphatic carbocycles. The molecule has 0 heterocycles. The van der Waals surface area contributed by atoms with Crippen LogP contribution in [0.5, 0.6) is 0 Å². The van der Waals surface area contributed by atoms with E-state index >= 15 is 0 Å². The Labute approximate surface area is 70.6 Å². The lowest BCUT2D eigenvalue weighted by Crippen LogP contribution is -2.38. The monoisotopic (exact) mass is 153 g/mol. The molecule has 0 saturated heterocycles. The predicted octanol–water partition coefficient (Wildman–Crippen LogP) is 2.18. The number of unbranched alkanes of at least 4 members (excludes halogenated alkanes) is 2. The van der Waals surface area contributed by atoms with Crippen LogP contribution < -0.4 is 5.32 Å². The molecule has 0 amide bonds. The summed E-state index contributed by atoms with van der Waals surface area (Å²) in [6, 6.07) is 0. The molecular weight excluding hydrogens is 134 g/mol. The summed E-state index contributed by atoms with van der Waals surface area (Å²) in [6.45, 7) is 7.29. The van der Waals surface area contributed by atoms with Gasteiger partial charge in [-0.05, 0) is 26.8 Å². The molecule has 0 rings (SSSR count). The number of rotatable bonds is 5. The van der Waals surface area contributed by atoms with Crippen LogP contribution in [0.2, 0.25) is 0 Å². The van der Waals surface area contributed by atoms with Crippen molar-refractivity contribution in [2.24, 2.45) is 0 Å². The summed E-state index contributed by atoms with van der Waals surface area (Å²) in [5.74, 6) is 2.71. The predicted molar refractivity (Wildman–Crippen MR) is 50.4 cm³/mol. The SMILES string of the molecule is C#CC(C)(C)NCCCCC. The van der Waals surface area contributed by atoms with Gasteiger partial charge in [-0.25, -0.2) is 0 Å². The Morgan fingerprint density at radius 2 is 2.00 bits per heavy atom. The second-order valence-corrected chi connectivity index (χ2v) is 3.40. The summed E-state index contributed by atoms with van der Waals surface area (Å²) < 4.78 is 0. The van der Waals surface area contributed by atoms with Crippen LogP contribution in [-0.2, 0) is 0 Å². The van der Waals surface area contributed by atoms with Crippen molar-refractivity contribution in [2.75, 3.05) is 6.54 Å². The number of terminal acetylenes is 1. The minimum absolute atomic E-state index is 0.131. The quantitative estimate of drug-likeness (QED) is 0.471. The summed E-state index contributed by atoms with van der Waals surface area (Å²) in [6.07, 6.45) is 9.08. The molecule has 1 N–H and O–H groups in total. The standard InChI is InChI=1S/C10H19N/c1-5-7-8-9-11-10(3,4)6-2/h2,11H,5,7-9H2,1,3-4H3. The number of hydrogen-bond acceptors (Lipinski definition) is 1. The number of nitrogens with one attached hydrogen (secondary N) is 1. The van der Waals surface area contributed by atoms with Gasteiger partial charge in [0.2, 0.25) is 0 Å². The number of hydrogen-bond donors (Lipinski definition) is 1. The van der Waals surface area contributed by atoms with Gasteiger partial charge in [0.15, 0.2) is 0 Å². The van der Waals surface area contributed by atoms with E-state index < -0.39 is 0 Å². The lowest BCUT2D eigenvalue weighted by atomic mass is 10.1. The molecule has 1 nitrogen and oxygen atoms in total. The summed E-state index contributed by atoms with van der Waals surface area (Å²) >= 11 is 0. The summed E-state index contributed by atoms with van der Waals surface area (Å²) in [5.41, 5.74) is -0.131. The first-order valence-corrected chi connectivity index (χ1v) is 4.35. The van der Waals surface area contributed by atoms with E-state index in [0.29, 0.717) is 0 Å². The van der Waals surface area contributed by atoms with Gasteiger partial charge in [0.25, 0.3) is 0 Å². The lowest BCUT2D eigenvalue weighted by Gasteiger charge is -2.19. The molecule has 0 aromatic heterocycles. The van der Waals surface area contributed by atoms with Gasteiger partial charge in [-0.3, -0.25) is 0 Å². The van der Waals surface area contributed by atoms with Gasteiger partial charge in [-0.15, -0.1) is 6.42 Å². The van der Waals surface area contributed by atoms with Gasteiger partial charge in [-0.2, -0.15) is 0 Å². The molecule has 0 fully saturated rings. The summed E-state index contributed by atoms with van der Waals surface area (Å²) in [7, 11) is 0. The third-order valence-electron chi connectivity index (χ3n) is 1.71. The van der Waals surface area contributed by atoms with Crippen LogP contribution in [0.25, 0.3) is 0 Å². The Hall–Kier alpha value is -0.480. The van der Waals surface area contributed by atoms with Gasteiger partial charge in [0, 0.05) is 0 Å². The molecule has 64 valence electrons. The molecule has 0 aliphatic heterocycles. The van der Waals surface area contributed by atoms with Crippen molar-refractivity contribution in [3.05, 3.63) is 0 Å². The van der Waals surface area contributed by atoms with Crippen LogP contribution in [0.4, 0.5) is 0 Å². The molecule has 0 spiro atoms. The maximum absolute atomic E-state index is 5.31. The first-order valence-electron chi connectivity index (χ1n) is 4.35. The Balaban J connectivity index is 3.32. The van der Waals surface area contributed by atoms with E-state index in [-0.39, 0.29) is 5.54 Å². The van der Waals surface area contributed by atoms with E-state index in [4.69, 9.17) is 6.42 Å². The lowest BCUT2D eigenvalue weighted by molar-refractivity contribution is 0.477. The van der Waals surface area contributed by atoms with Gasteiger partial charge >= 0.3 is 0 Å². The van der Waals surface area contributed by atoms with Gasteiger partial charge in [0.05, 0.1) is 5.54 Å². The molecule has 0 radical (unpaired) electrons. The van der Waals surface area contributed by atoms with E-state index in [0.717, 1.165) is 6.54 Å². The normalized spacial score (nSPS) is 11.1. The molecule has 0 bridgehead atoms. The minimum atomic E-state index is -0.131. The molecular formula is C10H19N. The highest BCUT2D eigenvalue weighted by atomic mass is 14.9. The second kappa shape index (κ2) is 5.21. The van der Waals surface area contributed by atoms with Crippen molar-refractivity contribution in [3.8, 4) is 12.3 Å². The molecule has 0 aromatic rings. The van der Waals surface area contributed by atoms with Crippen molar-refractivity contribution in [3.63, 3.8) is 0 Å². The molecule has 0 aliphatic rings. The first-order chi connectivity index (χ1) is 5.12. The van der Waals surface area contributed by atoms with E-state index in [1.807, 2.05) is 13.8 Å². The maximum Gasteiger partial charge on any atom is 0.0741 e. The molecule has 11 heavy (non-hydrogen) atoms. The Bertz CT molecular complexity index is 130. The van der Waals surface area contributed by atoms with Crippen LogP contribution in [0.3, 0.4) is 0 Å². The third-order valence-corrected chi connectivity index (χ3v) is 1.71. The van der Waals surface area contributed by atoms with Gasteiger partial charge < -0.3 is 5.32 Å². The van der Waals surface area contributed by atoms with Crippen molar-refractivity contribution >= 4 is 0 Å². The van der Waals surface area contributed by atoms with Crippen molar-refractivity contribution in [2.45, 2.75) is 45.6 Å². The van der Waals surface area contributed by atoms with E-state index in [1.54, 1.807) is 0 Å².